The van der Waals surface area contributed by atoms with Crippen LogP contribution in [0.1, 0.15) is 13.8 Å². The van der Waals surface area contributed by atoms with E-state index in [0.29, 0.717) is 10.7 Å². The molecular formula is C12H14ClNO3. The highest BCUT2D eigenvalue weighted by atomic mass is 35.5. The smallest absolute Gasteiger partial charge is 0.308 e. The van der Waals surface area contributed by atoms with Crippen LogP contribution in [0.3, 0.4) is 0 Å². The molecule has 0 unspecified atom stereocenters. The Labute approximate surface area is 105 Å². The molecule has 1 rings (SSSR count). The summed E-state index contributed by atoms with van der Waals surface area (Å²) in [6, 6.07) is 6.74. The third-order valence-electron chi connectivity index (χ3n) is 1.93. The third kappa shape index (κ3) is 4.87. The minimum Gasteiger partial charge on any atom is -0.455 e. The van der Waals surface area contributed by atoms with Gasteiger partial charge in [0.15, 0.2) is 6.61 Å². The maximum Gasteiger partial charge on any atom is 0.308 e. The van der Waals surface area contributed by atoms with Gasteiger partial charge in [0.05, 0.1) is 5.92 Å². The number of hydrogen-bond acceptors (Lipinski definition) is 3. The van der Waals surface area contributed by atoms with Crippen LogP contribution in [0.4, 0.5) is 5.69 Å². The van der Waals surface area contributed by atoms with Crippen molar-refractivity contribution in [1.82, 2.24) is 0 Å². The summed E-state index contributed by atoms with van der Waals surface area (Å²) in [5.74, 6) is -1.03. The van der Waals surface area contributed by atoms with Gasteiger partial charge < -0.3 is 10.1 Å². The van der Waals surface area contributed by atoms with Crippen LogP contribution in [-0.2, 0) is 14.3 Å². The van der Waals surface area contributed by atoms with E-state index in [1.54, 1.807) is 38.1 Å². The van der Waals surface area contributed by atoms with Gasteiger partial charge in [-0.1, -0.05) is 31.5 Å². The Bertz CT molecular complexity index is 418. The SMILES string of the molecule is CC(C)C(=O)OCC(=O)Nc1cccc(Cl)c1. The van der Waals surface area contributed by atoms with Gasteiger partial charge in [0.2, 0.25) is 0 Å². The van der Waals surface area contributed by atoms with Gasteiger partial charge in [0, 0.05) is 10.7 Å². The first-order chi connectivity index (χ1) is 7.99. The van der Waals surface area contributed by atoms with E-state index < -0.39 is 5.97 Å². The summed E-state index contributed by atoms with van der Waals surface area (Å²) in [7, 11) is 0. The Hall–Kier alpha value is -1.55. The van der Waals surface area contributed by atoms with Crippen molar-refractivity contribution in [2.45, 2.75) is 13.8 Å². The van der Waals surface area contributed by atoms with E-state index in [1.807, 2.05) is 0 Å². The summed E-state index contributed by atoms with van der Waals surface area (Å²) >= 11 is 5.76. The number of esters is 1. The molecule has 1 aromatic carbocycles. The summed E-state index contributed by atoms with van der Waals surface area (Å²) < 4.78 is 4.78. The maximum absolute atomic E-state index is 11.4. The van der Waals surface area contributed by atoms with E-state index in [9.17, 15) is 9.59 Å². The fourth-order valence-corrected chi connectivity index (χ4v) is 1.26. The Kier molecular flexibility index (Phi) is 4.97. The molecule has 0 aromatic heterocycles. The normalized spacial score (nSPS) is 10.1. The minimum atomic E-state index is -0.397. The van der Waals surface area contributed by atoms with Crippen molar-refractivity contribution in [3.8, 4) is 0 Å². The topological polar surface area (TPSA) is 55.4 Å². The molecule has 17 heavy (non-hydrogen) atoms. The van der Waals surface area contributed by atoms with E-state index in [-0.39, 0.29) is 18.4 Å². The van der Waals surface area contributed by atoms with Crippen LogP contribution in [0.15, 0.2) is 24.3 Å². The van der Waals surface area contributed by atoms with Crippen LogP contribution in [0.25, 0.3) is 0 Å². The molecule has 0 saturated heterocycles. The number of benzene rings is 1. The Morgan fingerprint density at radius 1 is 1.41 bits per heavy atom. The summed E-state index contributed by atoms with van der Waals surface area (Å²) in [6.45, 7) is 3.12. The van der Waals surface area contributed by atoms with Crippen molar-refractivity contribution in [2.24, 2.45) is 5.92 Å². The number of carbonyl (C=O) groups is 2. The van der Waals surface area contributed by atoms with Gasteiger partial charge in [-0.2, -0.15) is 0 Å². The summed E-state index contributed by atoms with van der Waals surface area (Å²) in [5.41, 5.74) is 0.572. The molecule has 0 bridgehead atoms. The van der Waals surface area contributed by atoms with Gasteiger partial charge in [0.1, 0.15) is 0 Å². The van der Waals surface area contributed by atoms with Crippen LogP contribution in [-0.4, -0.2) is 18.5 Å². The first-order valence-electron chi connectivity index (χ1n) is 5.21. The molecule has 0 radical (unpaired) electrons. The molecule has 5 heteroatoms. The Morgan fingerprint density at radius 3 is 2.71 bits per heavy atom. The highest BCUT2D eigenvalue weighted by Crippen LogP contribution is 2.14. The lowest BCUT2D eigenvalue weighted by Gasteiger charge is -2.08. The lowest BCUT2D eigenvalue weighted by Crippen LogP contribution is -2.22. The lowest BCUT2D eigenvalue weighted by molar-refractivity contribution is -0.150. The summed E-state index contributed by atoms with van der Waals surface area (Å²) in [5, 5.41) is 3.11. The van der Waals surface area contributed by atoms with Crippen molar-refractivity contribution in [3.05, 3.63) is 29.3 Å². The molecule has 0 atom stereocenters. The molecule has 0 fully saturated rings. The highest BCUT2D eigenvalue weighted by molar-refractivity contribution is 6.30. The minimum absolute atomic E-state index is 0.242. The standard InChI is InChI=1S/C12H14ClNO3/c1-8(2)12(16)17-7-11(15)14-10-5-3-4-9(13)6-10/h3-6,8H,7H2,1-2H3,(H,14,15). The van der Waals surface area contributed by atoms with Gasteiger partial charge in [-0.15, -0.1) is 0 Å². The van der Waals surface area contributed by atoms with E-state index >= 15 is 0 Å². The van der Waals surface area contributed by atoms with E-state index in [1.165, 1.54) is 0 Å². The van der Waals surface area contributed by atoms with Crippen LogP contribution in [0, 0.1) is 5.92 Å². The zero-order chi connectivity index (χ0) is 12.8. The van der Waals surface area contributed by atoms with Crippen LogP contribution in [0.5, 0.6) is 0 Å². The molecule has 0 spiro atoms. The second-order valence-corrected chi connectivity index (χ2v) is 4.26. The van der Waals surface area contributed by atoms with Crippen molar-refractivity contribution >= 4 is 29.2 Å². The second-order valence-electron chi connectivity index (χ2n) is 3.82. The largest absolute Gasteiger partial charge is 0.455 e. The molecule has 0 aliphatic heterocycles. The van der Waals surface area contributed by atoms with Crippen molar-refractivity contribution in [2.75, 3.05) is 11.9 Å². The number of anilines is 1. The highest BCUT2D eigenvalue weighted by Gasteiger charge is 2.11. The van der Waals surface area contributed by atoms with E-state index in [0.717, 1.165) is 0 Å². The maximum atomic E-state index is 11.4. The summed E-state index contributed by atoms with van der Waals surface area (Å²) in [6.07, 6.45) is 0. The molecule has 1 amide bonds. The second kappa shape index (κ2) is 6.25. The first kappa shape index (κ1) is 13.5. The molecule has 0 heterocycles. The van der Waals surface area contributed by atoms with Gasteiger partial charge in [-0.3, -0.25) is 9.59 Å². The third-order valence-corrected chi connectivity index (χ3v) is 2.16. The quantitative estimate of drug-likeness (QED) is 0.841. The van der Waals surface area contributed by atoms with Crippen LogP contribution in [0.2, 0.25) is 5.02 Å². The monoisotopic (exact) mass is 255 g/mol. The molecule has 0 saturated carbocycles. The van der Waals surface area contributed by atoms with Gasteiger partial charge in [-0.05, 0) is 18.2 Å². The lowest BCUT2D eigenvalue weighted by atomic mass is 10.2. The van der Waals surface area contributed by atoms with E-state index in [2.05, 4.69) is 5.32 Å². The predicted molar refractivity (Wildman–Crippen MR) is 65.9 cm³/mol. The van der Waals surface area contributed by atoms with E-state index in [4.69, 9.17) is 16.3 Å². The molecule has 0 aliphatic rings. The number of hydrogen-bond donors (Lipinski definition) is 1. The molecule has 1 aromatic rings. The Balaban J connectivity index is 2.43. The van der Waals surface area contributed by atoms with Gasteiger partial charge >= 0.3 is 5.97 Å². The van der Waals surface area contributed by atoms with Gasteiger partial charge in [0.25, 0.3) is 5.91 Å². The average Bonchev–Trinajstić information content (AvgIpc) is 2.25. The number of ether oxygens (including phenoxy) is 1. The zero-order valence-corrected chi connectivity index (χ0v) is 10.5. The molecule has 0 aliphatic carbocycles. The fourth-order valence-electron chi connectivity index (χ4n) is 1.07. The van der Waals surface area contributed by atoms with Gasteiger partial charge in [-0.25, -0.2) is 0 Å². The predicted octanol–water partition coefficient (Wildman–Crippen LogP) is 2.48. The fraction of sp³-hybridized carbons (Fsp3) is 0.333. The molecular weight excluding hydrogens is 242 g/mol. The number of rotatable bonds is 4. The number of amides is 1. The van der Waals surface area contributed by atoms with Crippen molar-refractivity contribution in [3.63, 3.8) is 0 Å². The summed E-state index contributed by atoms with van der Waals surface area (Å²) in [4.78, 5) is 22.5. The number of halogens is 1. The first-order valence-corrected chi connectivity index (χ1v) is 5.59. The number of carbonyl (C=O) groups excluding carboxylic acids is 2. The Morgan fingerprint density at radius 2 is 2.12 bits per heavy atom. The molecule has 92 valence electrons. The van der Waals surface area contributed by atoms with Crippen LogP contribution >= 0.6 is 11.6 Å². The average molecular weight is 256 g/mol. The zero-order valence-electron chi connectivity index (χ0n) is 9.70. The van der Waals surface area contributed by atoms with Crippen molar-refractivity contribution < 1.29 is 14.3 Å². The van der Waals surface area contributed by atoms with Crippen LogP contribution < -0.4 is 5.32 Å². The molecule has 4 nitrogen and oxygen atoms in total. The van der Waals surface area contributed by atoms with Crippen molar-refractivity contribution in [1.29, 1.82) is 0 Å². The molecule has 1 N–H and O–H groups in total. The number of nitrogens with one attached hydrogen (secondary N) is 1.